The summed E-state index contributed by atoms with van der Waals surface area (Å²) in [7, 11) is 0. The Labute approximate surface area is 108 Å². The zero-order valence-corrected chi connectivity index (χ0v) is 12.4. The van der Waals surface area contributed by atoms with Gasteiger partial charge in [0.15, 0.2) is 0 Å². The van der Waals surface area contributed by atoms with Crippen molar-refractivity contribution in [3.05, 3.63) is 41.0 Å². The van der Waals surface area contributed by atoms with Gasteiger partial charge in [0.05, 0.1) is 0 Å². The number of hydrogen-bond acceptors (Lipinski definition) is 0. The van der Waals surface area contributed by atoms with Crippen LogP contribution in [0.1, 0.15) is 65.5 Å². The van der Waals surface area contributed by atoms with Gasteiger partial charge in [-0.3, -0.25) is 0 Å². The van der Waals surface area contributed by atoms with Crippen molar-refractivity contribution in [2.75, 3.05) is 0 Å². The molecule has 0 N–H and O–H groups in total. The van der Waals surface area contributed by atoms with Gasteiger partial charge in [0.25, 0.3) is 0 Å². The van der Waals surface area contributed by atoms with Crippen LogP contribution in [0, 0.1) is 0 Å². The van der Waals surface area contributed by atoms with Crippen molar-refractivity contribution in [1.82, 2.24) is 0 Å². The molecule has 0 heterocycles. The van der Waals surface area contributed by atoms with Crippen molar-refractivity contribution in [2.45, 2.75) is 60.8 Å². The molecular weight excluding hydrogens is 204 g/mol. The normalized spacial score (nSPS) is 12.5. The van der Waals surface area contributed by atoms with E-state index in [2.05, 4.69) is 38.1 Å². The lowest BCUT2D eigenvalue weighted by atomic mass is 9.85. The van der Waals surface area contributed by atoms with Crippen LogP contribution >= 0.6 is 0 Å². The molecule has 0 saturated heterocycles. The summed E-state index contributed by atoms with van der Waals surface area (Å²) >= 11 is 0. The molecule has 2 rings (SSSR count). The molecule has 0 saturated carbocycles. The zero-order chi connectivity index (χ0) is 13.3. The fourth-order valence-electron chi connectivity index (χ4n) is 2.14. The molecule has 0 radical (unpaired) electrons. The van der Waals surface area contributed by atoms with Gasteiger partial charge in [-0.1, -0.05) is 57.5 Å². The molecule has 0 amide bonds. The molecule has 0 aromatic heterocycles. The highest BCUT2D eigenvalue weighted by atomic mass is 14.2. The molecule has 0 atom stereocenters. The highest BCUT2D eigenvalue weighted by Crippen LogP contribution is 2.32. The van der Waals surface area contributed by atoms with E-state index in [-0.39, 0.29) is 0 Å². The second-order valence-electron chi connectivity index (χ2n) is 3.99. The Morgan fingerprint density at radius 3 is 2.06 bits per heavy atom. The van der Waals surface area contributed by atoms with Gasteiger partial charge in [0, 0.05) is 0 Å². The maximum absolute atomic E-state index is 2.26. The lowest BCUT2D eigenvalue weighted by Crippen LogP contribution is -2.02. The van der Waals surface area contributed by atoms with Gasteiger partial charge in [0.2, 0.25) is 0 Å². The number of hydrogen-bond donors (Lipinski definition) is 0. The van der Waals surface area contributed by atoms with E-state index in [0.29, 0.717) is 0 Å². The predicted octanol–water partition coefficient (Wildman–Crippen LogP) is 5.87. The lowest BCUT2D eigenvalue weighted by molar-refractivity contribution is 0.818. The second-order valence-corrected chi connectivity index (χ2v) is 3.99. The predicted molar refractivity (Wildman–Crippen MR) is 80.3 cm³/mol. The zero-order valence-electron chi connectivity index (χ0n) is 12.4. The number of allylic oxidation sites excluding steroid dienone is 2. The van der Waals surface area contributed by atoms with Crippen LogP contribution in [0.15, 0.2) is 29.8 Å². The first-order chi connectivity index (χ1) is 8.29. The van der Waals surface area contributed by atoms with Crippen molar-refractivity contribution < 1.29 is 0 Å². The Hall–Kier alpha value is -1.04. The number of aryl methyl sites for hydroxylation is 1. The Morgan fingerprint density at radius 1 is 0.882 bits per heavy atom. The van der Waals surface area contributed by atoms with Crippen molar-refractivity contribution in [3.8, 4) is 0 Å². The number of benzene rings is 1. The summed E-state index contributed by atoms with van der Waals surface area (Å²) < 4.78 is 0. The molecule has 0 bridgehead atoms. The van der Waals surface area contributed by atoms with Crippen LogP contribution in [-0.2, 0) is 6.42 Å². The lowest BCUT2D eigenvalue weighted by Gasteiger charge is -2.20. The standard InChI is InChI=1S/C13H16.2C2H6/c1-10(2)12-9-5-7-11-6-3-4-8-13(11)12;2*1-2/h3-4,6,8H,5,7,9H2,1-2H3;2*1-2H3. The summed E-state index contributed by atoms with van der Waals surface area (Å²) in [5.41, 5.74) is 6.08. The third-order valence-electron chi connectivity index (χ3n) is 2.82. The highest BCUT2D eigenvalue weighted by Gasteiger charge is 2.13. The fraction of sp³-hybridized carbons (Fsp3) is 0.529. The summed E-state index contributed by atoms with van der Waals surface area (Å²) in [5.74, 6) is 0. The van der Waals surface area contributed by atoms with Crippen LogP contribution in [0.4, 0.5) is 0 Å². The number of fused-ring (bicyclic) bond motifs is 1. The maximum atomic E-state index is 2.26. The van der Waals surface area contributed by atoms with E-state index in [9.17, 15) is 0 Å². The average molecular weight is 232 g/mol. The third-order valence-corrected chi connectivity index (χ3v) is 2.82. The van der Waals surface area contributed by atoms with Crippen LogP contribution in [0.5, 0.6) is 0 Å². The van der Waals surface area contributed by atoms with E-state index in [1.54, 1.807) is 5.57 Å². The van der Waals surface area contributed by atoms with Crippen LogP contribution < -0.4 is 0 Å². The molecule has 0 nitrogen and oxygen atoms in total. The van der Waals surface area contributed by atoms with Crippen molar-refractivity contribution >= 4 is 5.57 Å². The molecule has 1 aliphatic carbocycles. The summed E-state index contributed by atoms with van der Waals surface area (Å²) in [6.45, 7) is 12.4. The van der Waals surface area contributed by atoms with Crippen molar-refractivity contribution in [1.29, 1.82) is 0 Å². The minimum atomic E-state index is 1.26. The Balaban J connectivity index is 0.000000581. The molecule has 0 aliphatic heterocycles. The van der Waals surface area contributed by atoms with Gasteiger partial charge in [-0.05, 0) is 49.8 Å². The van der Waals surface area contributed by atoms with Crippen LogP contribution in [0.2, 0.25) is 0 Å². The monoisotopic (exact) mass is 232 g/mol. The van der Waals surface area contributed by atoms with Gasteiger partial charge >= 0.3 is 0 Å². The Kier molecular flexibility index (Phi) is 8.49. The largest absolute Gasteiger partial charge is 0.0726 e. The summed E-state index contributed by atoms with van der Waals surface area (Å²) in [6.07, 6.45) is 3.84. The molecule has 0 fully saturated rings. The van der Waals surface area contributed by atoms with E-state index < -0.39 is 0 Å². The van der Waals surface area contributed by atoms with E-state index in [4.69, 9.17) is 0 Å². The van der Waals surface area contributed by atoms with Crippen LogP contribution in [0.3, 0.4) is 0 Å². The fourth-order valence-corrected chi connectivity index (χ4v) is 2.14. The Bertz CT molecular complexity index is 341. The summed E-state index contributed by atoms with van der Waals surface area (Å²) in [5, 5.41) is 0. The van der Waals surface area contributed by atoms with Gasteiger partial charge in [-0.25, -0.2) is 0 Å². The first-order valence-electron chi connectivity index (χ1n) is 7.03. The summed E-state index contributed by atoms with van der Waals surface area (Å²) in [6, 6.07) is 8.81. The number of rotatable bonds is 0. The third kappa shape index (κ3) is 4.38. The molecule has 17 heavy (non-hydrogen) atoms. The van der Waals surface area contributed by atoms with E-state index in [1.165, 1.54) is 36.0 Å². The first-order valence-corrected chi connectivity index (χ1v) is 7.03. The molecule has 96 valence electrons. The highest BCUT2D eigenvalue weighted by molar-refractivity contribution is 5.71. The topological polar surface area (TPSA) is 0 Å². The first kappa shape index (κ1) is 16.0. The molecule has 1 aliphatic rings. The quantitative estimate of drug-likeness (QED) is 0.525. The minimum Gasteiger partial charge on any atom is -0.0726 e. The van der Waals surface area contributed by atoms with Crippen LogP contribution in [0.25, 0.3) is 5.57 Å². The van der Waals surface area contributed by atoms with E-state index in [1.807, 2.05) is 27.7 Å². The van der Waals surface area contributed by atoms with Gasteiger partial charge in [0.1, 0.15) is 0 Å². The smallest absolute Gasteiger partial charge is 0.0193 e. The van der Waals surface area contributed by atoms with Crippen molar-refractivity contribution in [2.24, 2.45) is 0 Å². The maximum Gasteiger partial charge on any atom is -0.0193 e. The average Bonchev–Trinajstić information content (AvgIpc) is 2.42. The molecule has 1 aromatic rings. The van der Waals surface area contributed by atoms with Gasteiger partial charge < -0.3 is 0 Å². The van der Waals surface area contributed by atoms with Gasteiger partial charge in [-0.15, -0.1) is 0 Å². The summed E-state index contributed by atoms with van der Waals surface area (Å²) in [4.78, 5) is 0. The molecule has 0 unspecified atom stereocenters. The minimum absolute atomic E-state index is 1.26. The molecule has 1 aromatic carbocycles. The Morgan fingerprint density at radius 2 is 1.47 bits per heavy atom. The van der Waals surface area contributed by atoms with E-state index >= 15 is 0 Å². The van der Waals surface area contributed by atoms with Crippen LogP contribution in [-0.4, -0.2) is 0 Å². The second kappa shape index (κ2) is 9.04. The SMILES string of the molecule is CC.CC.CC(C)=C1CCCc2ccccc21. The molecule has 0 spiro atoms. The molecular formula is C17H28. The van der Waals surface area contributed by atoms with E-state index in [0.717, 1.165) is 0 Å². The van der Waals surface area contributed by atoms with Gasteiger partial charge in [-0.2, -0.15) is 0 Å². The van der Waals surface area contributed by atoms with Crippen molar-refractivity contribution in [3.63, 3.8) is 0 Å². The molecule has 0 heteroatoms.